The van der Waals surface area contributed by atoms with E-state index in [1.54, 1.807) is 96.1 Å². The van der Waals surface area contributed by atoms with Crippen LogP contribution in [0.3, 0.4) is 0 Å². The van der Waals surface area contributed by atoms with Gasteiger partial charge in [-0.2, -0.15) is 15.0 Å². The van der Waals surface area contributed by atoms with Crippen LogP contribution in [0.2, 0.25) is 0 Å². The first-order chi connectivity index (χ1) is 46.4. The number of nitrogens with zero attached hydrogens (tertiary/aromatic N) is 9. The highest BCUT2D eigenvalue weighted by atomic mass is 16.5. The maximum Gasteiger partial charge on any atom is 0.256 e. The molecule has 3 N–H and O–H groups in total. The van der Waals surface area contributed by atoms with Crippen LogP contribution in [0, 0.1) is 19.7 Å². The van der Waals surface area contributed by atoms with Gasteiger partial charge in [-0.3, -0.25) is 0 Å². The number of fused-ring (bicyclic) bond motifs is 3. The summed E-state index contributed by atoms with van der Waals surface area (Å²) in [6, 6.07) is 32.0. The summed E-state index contributed by atoms with van der Waals surface area (Å²) in [4.78, 5) is 24.3. The zero-order valence-electron chi connectivity index (χ0n) is 60.1. The standard InChI is InChI=1S/3C24H26N4O2/c3*1-5-13-26-20-11-10-17-18(20)7-6-8-19(17)23-27-24(30-28-23)16-9-12-22(29-15(2)3)21(14-16)25-4/h3*6-9,12,14-15,20,26H,5,10-11,13H2,1-3H3/t3*20-/m000/s1/i5D2,13D2,15D;15D,20D;15D. The lowest BCUT2D eigenvalue weighted by atomic mass is 10.0. The van der Waals surface area contributed by atoms with Gasteiger partial charge in [0.15, 0.2) is 0 Å². The predicted molar refractivity (Wildman–Crippen MR) is 350 cm³/mol. The molecule has 3 aliphatic rings. The fourth-order valence-electron chi connectivity index (χ4n) is 11.2. The van der Waals surface area contributed by atoms with Crippen molar-refractivity contribution in [1.82, 2.24) is 46.4 Å². The van der Waals surface area contributed by atoms with Crippen LogP contribution in [0.1, 0.15) is 163 Å². The number of nitrogens with one attached hydrogen (secondary N) is 3. The summed E-state index contributed by atoms with van der Waals surface area (Å²) in [6.07, 6.45) is 1.37. The molecule has 0 fully saturated rings. The minimum atomic E-state index is -2.19. The van der Waals surface area contributed by atoms with Gasteiger partial charge in [-0.1, -0.05) is 90.8 Å². The Hall–Kier alpha value is -9.51. The normalized spacial score (nSPS) is 18.0. The van der Waals surface area contributed by atoms with Crippen LogP contribution >= 0.6 is 0 Å². The van der Waals surface area contributed by atoms with Gasteiger partial charge in [-0.15, -0.1) is 0 Å². The summed E-state index contributed by atoms with van der Waals surface area (Å²) in [5, 5.41) is 22.3. The summed E-state index contributed by atoms with van der Waals surface area (Å²) >= 11 is 0. The number of rotatable bonds is 21. The summed E-state index contributed by atoms with van der Waals surface area (Å²) < 4.78 is 97.5. The molecule has 0 spiro atoms. The SMILES string of the molecule is [2H]C(C)(C)Oc1ccc(-c2nc(-c3cccc4c3CC[C@@H]4NC([2H])([2H])C([2H])([2H])C)no2)cc1[N+]#[C-].[2H]C(C)(C)Oc1ccc(-c2nc(-c3cccc4c3CC[C@@H]4NCCC)no2)cc1[N+]#[C-].[2H]C(C)(C)Oc1ccc(-c2nc(-c3cccc4c3CC[C@]4([2H])NCCC)no2)cc1[N+]#[C-]. The van der Waals surface area contributed by atoms with Gasteiger partial charge in [0.05, 0.1) is 43.4 Å². The molecule has 462 valence electrons. The first-order valence-electron chi connectivity index (χ1n) is 34.2. The summed E-state index contributed by atoms with van der Waals surface area (Å²) in [5.41, 5.74) is 11.7. The van der Waals surface area contributed by atoms with Crippen molar-refractivity contribution >= 4 is 17.1 Å². The number of aromatic nitrogens is 6. The fraction of sp³-hybridized carbons (Fsp3) is 0.375. The van der Waals surface area contributed by atoms with Crippen LogP contribution in [0.4, 0.5) is 17.1 Å². The Labute approximate surface area is 538 Å². The number of benzene rings is 6. The van der Waals surface area contributed by atoms with E-state index < -0.39 is 37.1 Å². The molecule has 3 aliphatic carbocycles. The molecule has 3 heterocycles. The van der Waals surface area contributed by atoms with Crippen molar-refractivity contribution in [3.05, 3.63) is 177 Å². The van der Waals surface area contributed by atoms with Gasteiger partial charge < -0.3 is 43.7 Å². The van der Waals surface area contributed by atoms with Gasteiger partial charge in [-0.25, -0.2) is 14.5 Å². The van der Waals surface area contributed by atoms with Gasteiger partial charge in [0.2, 0.25) is 34.5 Å². The van der Waals surface area contributed by atoms with Gasteiger partial charge in [0.25, 0.3) is 17.7 Å². The third-order valence-corrected chi connectivity index (χ3v) is 15.2. The second-order valence-electron chi connectivity index (χ2n) is 22.3. The Morgan fingerprint density at radius 2 is 0.878 bits per heavy atom. The molecule has 0 unspecified atom stereocenters. The van der Waals surface area contributed by atoms with Crippen LogP contribution in [0.5, 0.6) is 17.2 Å². The van der Waals surface area contributed by atoms with E-state index >= 15 is 0 Å². The molecule has 0 saturated heterocycles. The third-order valence-electron chi connectivity index (χ3n) is 15.2. The zero-order chi connectivity index (χ0) is 70.5. The Morgan fingerprint density at radius 3 is 1.26 bits per heavy atom. The van der Waals surface area contributed by atoms with E-state index in [9.17, 15) is 0 Å². The molecule has 6 aromatic carbocycles. The highest BCUT2D eigenvalue weighted by Gasteiger charge is 2.30. The van der Waals surface area contributed by atoms with Crippen molar-refractivity contribution in [3.63, 3.8) is 0 Å². The molecule has 90 heavy (non-hydrogen) atoms. The summed E-state index contributed by atoms with van der Waals surface area (Å²) in [5.74, 6) is 3.31. The van der Waals surface area contributed by atoms with E-state index in [0.29, 0.717) is 94.2 Å². The summed E-state index contributed by atoms with van der Waals surface area (Å²) in [6.45, 7) is 37.1. The molecule has 0 amide bonds. The van der Waals surface area contributed by atoms with E-state index in [4.69, 9.17) is 58.5 Å². The Balaban J connectivity index is 0.000000160. The molecule has 12 rings (SSSR count). The van der Waals surface area contributed by atoms with Crippen LogP contribution in [-0.4, -0.2) is 68.2 Å². The molecule has 18 nitrogen and oxygen atoms in total. The third kappa shape index (κ3) is 14.6. The van der Waals surface area contributed by atoms with Crippen LogP contribution in [0.25, 0.3) is 83.1 Å². The van der Waals surface area contributed by atoms with Crippen molar-refractivity contribution in [2.45, 2.75) is 156 Å². The number of ether oxygens (including phenoxy) is 3. The molecule has 9 aromatic rings. The van der Waals surface area contributed by atoms with Crippen molar-refractivity contribution < 1.29 is 38.7 Å². The minimum absolute atomic E-state index is 0.238. The monoisotopic (exact) mass is 1210 g/mol. The molecule has 0 saturated carbocycles. The smallest absolute Gasteiger partial charge is 0.256 e. The zero-order valence-corrected chi connectivity index (χ0v) is 52.1. The van der Waals surface area contributed by atoms with Crippen LogP contribution < -0.4 is 30.2 Å². The molecule has 3 atom stereocenters. The first kappa shape index (κ1) is 53.5. The second-order valence-corrected chi connectivity index (χ2v) is 22.3. The second kappa shape index (κ2) is 29.7. The van der Waals surface area contributed by atoms with E-state index in [2.05, 4.69) is 80.8 Å². The molecular formula is C72H78N12O6. The molecule has 18 heteroatoms. The van der Waals surface area contributed by atoms with Gasteiger partial charge >= 0.3 is 0 Å². The lowest BCUT2D eigenvalue weighted by molar-refractivity contribution is 0.244. The fourth-order valence-corrected chi connectivity index (χ4v) is 11.2. The van der Waals surface area contributed by atoms with Crippen LogP contribution in [0.15, 0.2) is 123 Å². The van der Waals surface area contributed by atoms with Crippen molar-refractivity contribution in [2.75, 3.05) is 19.6 Å². The largest absolute Gasteiger partial charge is 0.502 e. The average Bonchev–Trinajstić information content (AvgIpc) is 1.62. The predicted octanol–water partition coefficient (Wildman–Crippen LogP) is 17.2. The van der Waals surface area contributed by atoms with Crippen molar-refractivity contribution in [1.29, 1.82) is 0 Å². The van der Waals surface area contributed by atoms with E-state index in [-0.39, 0.29) is 23.3 Å². The lowest BCUT2D eigenvalue weighted by Crippen LogP contribution is -2.19. The van der Waals surface area contributed by atoms with Gasteiger partial charge in [-0.05, 0) is 207 Å². The number of hydrogen-bond donors (Lipinski definition) is 3. The molecule has 0 radical (unpaired) electrons. The van der Waals surface area contributed by atoms with E-state index in [0.717, 1.165) is 84.1 Å². The topological polar surface area (TPSA) is 194 Å². The lowest BCUT2D eigenvalue weighted by Gasteiger charge is -2.13. The molecule has 3 aromatic heterocycles. The Kier molecular flexibility index (Phi) is 17.6. The van der Waals surface area contributed by atoms with Crippen molar-refractivity contribution in [2.24, 2.45) is 0 Å². The van der Waals surface area contributed by atoms with Gasteiger partial charge in [0.1, 0.15) is 17.2 Å². The molecule has 0 bridgehead atoms. The Morgan fingerprint density at radius 1 is 0.511 bits per heavy atom. The Bertz CT molecular complexity index is 4490. The van der Waals surface area contributed by atoms with E-state index in [1.807, 2.05) is 48.5 Å². The molecular weight excluding hydrogens is 1130 g/mol. The quantitative estimate of drug-likeness (QED) is 0.0575. The van der Waals surface area contributed by atoms with Crippen LogP contribution in [-0.2, 0) is 19.3 Å². The van der Waals surface area contributed by atoms with E-state index in [1.165, 1.54) is 18.1 Å². The summed E-state index contributed by atoms with van der Waals surface area (Å²) in [7, 11) is 0. The minimum Gasteiger partial charge on any atom is -0.502 e. The maximum atomic E-state index is 8.86. The number of hydrogen-bond acceptors (Lipinski definition) is 15. The van der Waals surface area contributed by atoms with Gasteiger partial charge in [0, 0.05) is 57.0 Å². The highest BCUT2D eigenvalue weighted by molar-refractivity contribution is 5.74. The first-order valence-corrected chi connectivity index (χ1v) is 30.2. The maximum absolute atomic E-state index is 8.86. The average molecular weight is 1220 g/mol. The highest BCUT2D eigenvalue weighted by Crippen LogP contribution is 2.42. The molecule has 0 aliphatic heterocycles. The van der Waals surface area contributed by atoms with Crippen molar-refractivity contribution in [3.8, 4) is 85.8 Å².